The summed E-state index contributed by atoms with van der Waals surface area (Å²) in [4.78, 5) is 21.7. The molecule has 0 aliphatic heterocycles. The van der Waals surface area contributed by atoms with Crippen molar-refractivity contribution in [2.24, 2.45) is 5.73 Å². The van der Waals surface area contributed by atoms with Crippen molar-refractivity contribution in [3.05, 3.63) is 35.4 Å². The van der Waals surface area contributed by atoms with E-state index in [1.165, 1.54) is 12.1 Å². The third-order valence-corrected chi connectivity index (χ3v) is 1.66. The summed E-state index contributed by atoms with van der Waals surface area (Å²) >= 11 is 0. The number of nitrogens with one attached hydrogen (secondary N) is 1. The molecule has 0 fully saturated rings. The van der Waals surface area contributed by atoms with Crippen LogP contribution < -0.4 is 11.1 Å². The Labute approximate surface area is 89.5 Å². The molecule has 0 bridgehead atoms. The highest BCUT2D eigenvalue weighted by Crippen LogP contribution is 2.03. The quantitative estimate of drug-likeness (QED) is 0.765. The average molecular weight is 208 g/mol. The van der Waals surface area contributed by atoms with Gasteiger partial charge in [-0.3, -0.25) is 9.59 Å². The fourth-order valence-electron chi connectivity index (χ4n) is 0.930. The van der Waals surface area contributed by atoms with Gasteiger partial charge in [-0.25, -0.2) is 0 Å². The first-order chi connectivity index (χ1) is 7.15. The molecule has 0 saturated heterocycles. The lowest BCUT2D eigenvalue weighted by molar-refractivity contribution is 0.0959. The fourth-order valence-corrected chi connectivity index (χ4v) is 0.930. The standard InChI is InChI=1S/C9H10N2O2.C2H6/c1-11-9(13)7-4-2-6(3-5-7)8(10)12;1-2/h2-5H,1H3,(H2,10,12)(H,11,13);1-2H3. The lowest BCUT2D eigenvalue weighted by Gasteiger charge is -1.99. The van der Waals surface area contributed by atoms with E-state index >= 15 is 0 Å². The second-order valence-corrected chi connectivity index (χ2v) is 2.52. The van der Waals surface area contributed by atoms with E-state index in [2.05, 4.69) is 5.32 Å². The Bertz CT molecular complexity index is 331. The van der Waals surface area contributed by atoms with Crippen molar-refractivity contribution in [1.29, 1.82) is 0 Å². The van der Waals surface area contributed by atoms with Crippen LogP contribution in [0.3, 0.4) is 0 Å². The molecule has 4 heteroatoms. The Morgan fingerprint density at radius 1 is 1.07 bits per heavy atom. The minimum absolute atomic E-state index is 0.184. The van der Waals surface area contributed by atoms with Crippen LogP contribution in [0.5, 0.6) is 0 Å². The zero-order valence-electron chi connectivity index (χ0n) is 9.20. The minimum atomic E-state index is -0.497. The molecule has 0 aromatic heterocycles. The van der Waals surface area contributed by atoms with Crippen LogP contribution in [0.1, 0.15) is 34.6 Å². The molecular formula is C11H16N2O2. The molecule has 82 valence electrons. The van der Waals surface area contributed by atoms with Gasteiger partial charge in [-0.05, 0) is 24.3 Å². The number of carbonyl (C=O) groups is 2. The second kappa shape index (κ2) is 6.59. The van der Waals surface area contributed by atoms with Crippen LogP contribution in [-0.4, -0.2) is 18.9 Å². The molecule has 3 N–H and O–H groups in total. The summed E-state index contributed by atoms with van der Waals surface area (Å²) in [6, 6.07) is 6.15. The first kappa shape index (κ1) is 13.2. The number of carbonyl (C=O) groups excluding carboxylic acids is 2. The number of hydrogen-bond donors (Lipinski definition) is 2. The molecule has 0 heterocycles. The van der Waals surface area contributed by atoms with Crippen LogP contribution in [0.2, 0.25) is 0 Å². The summed E-state index contributed by atoms with van der Waals surface area (Å²) in [5.74, 6) is -0.681. The van der Waals surface area contributed by atoms with Crippen LogP contribution in [0.15, 0.2) is 24.3 Å². The third kappa shape index (κ3) is 3.81. The number of primary amides is 1. The molecule has 1 aromatic carbocycles. The van der Waals surface area contributed by atoms with E-state index in [0.717, 1.165) is 0 Å². The lowest BCUT2D eigenvalue weighted by atomic mass is 10.1. The van der Waals surface area contributed by atoms with Gasteiger partial charge < -0.3 is 11.1 Å². The molecule has 0 aliphatic rings. The van der Waals surface area contributed by atoms with Crippen LogP contribution in [-0.2, 0) is 0 Å². The number of nitrogens with two attached hydrogens (primary N) is 1. The van der Waals surface area contributed by atoms with Crippen molar-refractivity contribution in [2.45, 2.75) is 13.8 Å². The highest BCUT2D eigenvalue weighted by atomic mass is 16.1. The van der Waals surface area contributed by atoms with Crippen molar-refractivity contribution < 1.29 is 9.59 Å². The molecule has 1 rings (SSSR count). The maximum absolute atomic E-state index is 11.1. The smallest absolute Gasteiger partial charge is 0.251 e. The van der Waals surface area contributed by atoms with Gasteiger partial charge in [0.25, 0.3) is 5.91 Å². The summed E-state index contributed by atoms with van der Waals surface area (Å²) in [7, 11) is 1.55. The topological polar surface area (TPSA) is 72.2 Å². The van der Waals surface area contributed by atoms with Gasteiger partial charge >= 0.3 is 0 Å². The van der Waals surface area contributed by atoms with Gasteiger partial charge in [-0.1, -0.05) is 13.8 Å². The largest absolute Gasteiger partial charge is 0.366 e. The average Bonchev–Trinajstić information content (AvgIpc) is 2.31. The number of rotatable bonds is 2. The summed E-state index contributed by atoms with van der Waals surface area (Å²) < 4.78 is 0. The SMILES string of the molecule is CC.CNC(=O)c1ccc(C(N)=O)cc1. The van der Waals surface area contributed by atoms with E-state index in [0.29, 0.717) is 11.1 Å². The Balaban J connectivity index is 0.000000921. The molecule has 15 heavy (non-hydrogen) atoms. The maximum atomic E-state index is 11.1. The van der Waals surface area contributed by atoms with Gasteiger partial charge in [-0.2, -0.15) is 0 Å². The molecule has 0 unspecified atom stereocenters. The highest BCUT2D eigenvalue weighted by Gasteiger charge is 2.03. The first-order valence-electron chi connectivity index (χ1n) is 4.77. The summed E-state index contributed by atoms with van der Waals surface area (Å²) in [6.07, 6.45) is 0. The van der Waals surface area contributed by atoms with Crippen molar-refractivity contribution in [3.8, 4) is 0 Å². The van der Waals surface area contributed by atoms with Crippen LogP contribution in [0, 0.1) is 0 Å². The van der Waals surface area contributed by atoms with Gasteiger partial charge in [-0.15, -0.1) is 0 Å². The van der Waals surface area contributed by atoms with Crippen molar-refractivity contribution in [1.82, 2.24) is 5.32 Å². The molecule has 0 radical (unpaired) electrons. The predicted octanol–water partition coefficient (Wildman–Crippen LogP) is 1.17. The lowest BCUT2D eigenvalue weighted by Crippen LogP contribution is -2.18. The van der Waals surface area contributed by atoms with Crippen LogP contribution >= 0.6 is 0 Å². The van der Waals surface area contributed by atoms with Gasteiger partial charge in [0.15, 0.2) is 0 Å². The Morgan fingerprint density at radius 2 is 1.47 bits per heavy atom. The molecule has 0 spiro atoms. The van der Waals surface area contributed by atoms with E-state index in [1.807, 2.05) is 13.8 Å². The summed E-state index contributed by atoms with van der Waals surface area (Å²) in [6.45, 7) is 4.00. The maximum Gasteiger partial charge on any atom is 0.251 e. The minimum Gasteiger partial charge on any atom is -0.366 e. The molecule has 1 aromatic rings. The summed E-state index contributed by atoms with van der Waals surface area (Å²) in [5, 5.41) is 2.47. The number of benzene rings is 1. The fraction of sp³-hybridized carbons (Fsp3) is 0.273. The molecule has 4 nitrogen and oxygen atoms in total. The van der Waals surface area contributed by atoms with Gasteiger partial charge in [0.1, 0.15) is 0 Å². The van der Waals surface area contributed by atoms with E-state index in [1.54, 1.807) is 19.2 Å². The molecule has 2 amide bonds. The zero-order valence-corrected chi connectivity index (χ0v) is 9.20. The Hall–Kier alpha value is -1.84. The molecule has 0 aliphatic carbocycles. The van der Waals surface area contributed by atoms with E-state index in [4.69, 9.17) is 5.73 Å². The third-order valence-electron chi connectivity index (χ3n) is 1.66. The Kier molecular flexibility index (Phi) is 5.78. The van der Waals surface area contributed by atoms with Gasteiger partial charge in [0.05, 0.1) is 0 Å². The molecule has 0 saturated carbocycles. The normalized spacial score (nSPS) is 8.47. The van der Waals surface area contributed by atoms with Crippen LogP contribution in [0.4, 0.5) is 0 Å². The van der Waals surface area contributed by atoms with E-state index in [-0.39, 0.29) is 5.91 Å². The number of amides is 2. The predicted molar refractivity (Wildman–Crippen MR) is 59.7 cm³/mol. The Morgan fingerprint density at radius 3 is 1.80 bits per heavy atom. The molecular weight excluding hydrogens is 192 g/mol. The van der Waals surface area contributed by atoms with Crippen LogP contribution in [0.25, 0.3) is 0 Å². The van der Waals surface area contributed by atoms with E-state index < -0.39 is 5.91 Å². The van der Waals surface area contributed by atoms with Crippen molar-refractivity contribution in [3.63, 3.8) is 0 Å². The molecule has 0 atom stereocenters. The summed E-state index contributed by atoms with van der Waals surface area (Å²) in [5.41, 5.74) is 5.94. The van der Waals surface area contributed by atoms with Crippen molar-refractivity contribution in [2.75, 3.05) is 7.05 Å². The van der Waals surface area contributed by atoms with E-state index in [9.17, 15) is 9.59 Å². The van der Waals surface area contributed by atoms with Gasteiger partial charge in [0.2, 0.25) is 5.91 Å². The van der Waals surface area contributed by atoms with Crippen molar-refractivity contribution >= 4 is 11.8 Å². The zero-order chi connectivity index (χ0) is 11.8. The number of hydrogen-bond acceptors (Lipinski definition) is 2. The monoisotopic (exact) mass is 208 g/mol. The highest BCUT2D eigenvalue weighted by molar-refractivity contribution is 5.97. The second-order valence-electron chi connectivity index (χ2n) is 2.52. The van der Waals surface area contributed by atoms with Gasteiger partial charge in [0, 0.05) is 18.2 Å². The first-order valence-corrected chi connectivity index (χ1v) is 4.77.